The van der Waals surface area contributed by atoms with Crippen LogP contribution >= 0.6 is 0 Å². The molecule has 0 unspecified atom stereocenters. The summed E-state index contributed by atoms with van der Waals surface area (Å²) in [5, 5.41) is 17.4. The van der Waals surface area contributed by atoms with E-state index in [0.717, 1.165) is 35.0 Å². The molecule has 4 rings (SSSR count). The Morgan fingerprint density at radius 3 is 2.74 bits per heavy atom. The lowest BCUT2D eigenvalue weighted by Gasteiger charge is -2.13. The summed E-state index contributed by atoms with van der Waals surface area (Å²) >= 11 is 0. The Bertz CT molecular complexity index is 1270. The van der Waals surface area contributed by atoms with Crippen LogP contribution in [0.15, 0.2) is 67.0 Å². The fourth-order valence-electron chi connectivity index (χ4n) is 3.36. The molecular weight excluding hydrogens is 395 g/mol. The molecule has 0 aliphatic rings. The van der Waals surface area contributed by atoms with E-state index in [4.69, 9.17) is 5.10 Å². The standard InChI is InChI=1S/C24H21FN4O2/c1-3-16-5-4-6-17(11-16)21-13-23(29(28-21)22-14-26-10-9-15(22)2)27-20-8-7-18(25)12-19(20)24(30)31/h4-14,27H,3H2,1-2H3,(H,30,31). The maximum atomic E-state index is 13.6. The average Bonchev–Trinajstić information content (AvgIpc) is 3.19. The van der Waals surface area contributed by atoms with Gasteiger partial charge in [-0.05, 0) is 54.8 Å². The third kappa shape index (κ3) is 4.16. The van der Waals surface area contributed by atoms with Gasteiger partial charge in [0, 0.05) is 17.8 Å². The van der Waals surface area contributed by atoms with Crippen molar-refractivity contribution in [2.75, 3.05) is 5.32 Å². The first kappa shape index (κ1) is 20.3. The van der Waals surface area contributed by atoms with Crippen LogP contribution in [-0.4, -0.2) is 25.8 Å². The van der Waals surface area contributed by atoms with E-state index in [9.17, 15) is 14.3 Å². The number of aromatic nitrogens is 3. The highest BCUT2D eigenvalue weighted by Crippen LogP contribution is 2.30. The minimum absolute atomic E-state index is 0.162. The first-order chi connectivity index (χ1) is 15.0. The highest BCUT2D eigenvalue weighted by atomic mass is 19.1. The largest absolute Gasteiger partial charge is 0.478 e. The lowest BCUT2D eigenvalue weighted by molar-refractivity contribution is 0.0697. The predicted molar refractivity (Wildman–Crippen MR) is 118 cm³/mol. The maximum Gasteiger partial charge on any atom is 0.337 e. The van der Waals surface area contributed by atoms with Gasteiger partial charge in [-0.15, -0.1) is 0 Å². The van der Waals surface area contributed by atoms with E-state index in [1.807, 2.05) is 31.2 Å². The molecule has 2 heterocycles. The van der Waals surface area contributed by atoms with Gasteiger partial charge >= 0.3 is 5.97 Å². The minimum atomic E-state index is -1.22. The van der Waals surface area contributed by atoms with Gasteiger partial charge in [-0.2, -0.15) is 5.10 Å². The molecule has 0 fully saturated rings. The number of aromatic carboxylic acids is 1. The minimum Gasteiger partial charge on any atom is -0.478 e. The van der Waals surface area contributed by atoms with Crippen LogP contribution in [0.4, 0.5) is 15.9 Å². The first-order valence-corrected chi connectivity index (χ1v) is 9.86. The summed E-state index contributed by atoms with van der Waals surface area (Å²) in [4.78, 5) is 15.8. The number of nitrogens with zero attached hydrogens (tertiary/aromatic N) is 3. The highest BCUT2D eigenvalue weighted by Gasteiger charge is 2.17. The van der Waals surface area contributed by atoms with Crippen molar-refractivity contribution in [2.24, 2.45) is 0 Å². The third-order valence-corrected chi connectivity index (χ3v) is 5.05. The summed E-state index contributed by atoms with van der Waals surface area (Å²) in [6, 6.07) is 15.4. The maximum absolute atomic E-state index is 13.6. The molecule has 31 heavy (non-hydrogen) atoms. The predicted octanol–water partition coefficient (Wildman–Crippen LogP) is 5.39. The number of halogens is 1. The Kier molecular flexibility index (Phi) is 5.49. The molecular formula is C24H21FN4O2. The SMILES string of the molecule is CCc1cccc(-c2cc(Nc3ccc(F)cc3C(=O)O)n(-c3cnccc3C)n2)c1. The van der Waals surface area contributed by atoms with Crippen LogP contribution in [0, 0.1) is 12.7 Å². The molecule has 0 saturated heterocycles. The molecule has 0 amide bonds. The van der Waals surface area contributed by atoms with Crippen molar-refractivity contribution >= 4 is 17.5 Å². The summed E-state index contributed by atoms with van der Waals surface area (Å²) in [6.07, 6.45) is 4.30. The summed E-state index contributed by atoms with van der Waals surface area (Å²) < 4.78 is 15.3. The van der Waals surface area contributed by atoms with Crippen molar-refractivity contribution < 1.29 is 14.3 Å². The number of nitrogens with one attached hydrogen (secondary N) is 1. The second-order valence-electron chi connectivity index (χ2n) is 7.16. The molecule has 0 aliphatic carbocycles. The topological polar surface area (TPSA) is 80.0 Å². The summed E-state index contributed by atoms with van der Waals surface area (Å²) in [5.74, 6) is -1.29. The second-order valence-corrected chi connectivity index (χ2v) is 7.16. The molecule has 2 aromatic carbocycles. The van der Waals surface area contributed by atoms with E-state index < -0.39 is 11.8 Å². The average molecular weight is 416 g/mol. The van der Waals surface area contributed by atoms with E-state index >= 15 is 0 Å². The van der Waals surface area contributed by atoms with Crippen LogP contribution in [0.3, 0.4) is 0 Å². The summed E-state index contributed by atoms with van der Waals surface area (Å²) in [5.41, 5.74) is 4.66. The fourth-order valence-corrected chi connectivity index (χ4v) is 3.36. The molecule has 0 bridgehead atoms. The second kappa shape index (κ2) is 8.39. The van der Waals surface area contributed by atoms with Crippen molar-refractivity contribution in [2.45, 2.75) is 20.3 Å². The normalized spacial score (nSPS) is 10.8. The van der Waals surface area contributed by atoms with Gasteiger partial charge in [-0.3, -0.25) is 4.98 Å². The molecule has 0 atom stereocenters. The molecule has 2 N–H and O–H groups in total. The number of rotatable bonds is 6. The van der Waals surface area contributed by atoms with Gasteiger partial charge in [-0.25, -0.2) is 13.9 Å². The van der Waals surface area contributed by atoms with E-state index in [1.54, 1.807) is 17.1 Å². The molecule has 7 heteroatoms. The Morgan fingerprint density at radius 2 is 2.00 bits per heavy atom. The number of anilines is 2. The third-order valence-electron chi connectivity index (χ3n) is 5.05. The monoisotopic (exact) mass is 416 g/mol. The van der Waals surface area contributed by atoms with E-state index in [2.05, 4.69) is 29.4 Å². The zero-order chi connectivity index (χ0) is 22.0. The Labute approximate surface area is 179 Å². The van der Waals surface area contributed by atoms with Gasteiger partial charge in [0.25, 0.3) is 0 Å². The zero-order valence-electron chi connectivity index (χ0n) is 17.1. The molecule has 4 aromatic rings. The number of hydrogen-bond donors (Lipinski definition) is 2. The van der Waals surface area contributed by atoms with Gasteiger partial charge in [-0.1, -0.05) is 25.1 Å². The number of aryl methyl sites for hydroxylation is 2. The highest BCUT2D eigenvalue weighted by molar-refractivity contribution is 5.95. The van der Waals surface area contributed by atoms with Gasteiger partial charge in [0.05, 0.1) is 28.8 Å². The van der Waals surface area contributed by atoms with Crippen molar-refractivity contribution in [1.29, 1.82) is 0 Å². The molecule has 156 valence electrons. The van der Waals surface area contributed by atoms with E-state index in [-0.39, 0.29) is 11.3 Å². The van der Waals surface area contributed by atoms with Gasteiger partial charge in [0.15, 0.2) is 0 Å². The van der Waals surface area contributed by atoms with Crippen molar-refractivity contribution in [3.05, 3.63) is 89.5 Å². The fraction of sp³-hybridized carbons (Fsp3) is 0.125. The smallest absolute Gasteiger partial charge is 0.337 e. The first-order valence-electron chi connectivity index (χ1n) is 9.86. The zero-order valence-corrected chi connectivity index (χ0v) is 17.1. The Hall–Kier alpha value is -4.00. The molecule has 0 radical (unpaired) electrons. The Morgan fingerprint density at radius 1 is 1.16 bits per heavy atom. The van der Waals surface area contributed by atoms with Crippen molar-refractivity contribution in [1.82, 2.24) is 14.8 Å². The van der Waals surface area contributed by atoms with Gasteiger partial charge < -0.3 is 10.4 Å². The summed E-state index contributed by atoms with van der Waals surface area (Å²) in [7, 11) is 0. The molecule has 0 spiro atoms. The molecule has 6 nitrogen and oxygen atoms in total. The number of carbonyl (C=O) groups is 1. The lowest BCUT2D eigenvalue weighted by Crippen LogP contribution is -2.08. The summed E-state index contributed by atoms with van der Waals surface area (Å²) in [6.45, 7) is 4.03. The van der Waals surface area contributed by atoms with Crippen molar-refractivity contribution in [3.8, 4) is 16.9 Å². The number of hydrogen-bond acceptors (Lipinski definition) is 4. The van der Waals surface area contributed by atoms with E-state index in [0.29, 0.717) is 5.82 Å². The van der Waals surface area contributed by atoms with Crippen LogP contribution < -0.4 is 5.32 Å². The number of pyridine rings is 1. The van der Waals surface area contributed by atoms with Crippen LogP contribution in [-0.2, 0) is 6.42 Å². The van der Waals surface area contributed by atoms with Crippen molar-refractivity contribution in [3.63, 3.8) is 0 Å². The number of carboxylic acid groups (broad SMARTS) is 1. The van der Waals surface area contributed by atoms with Gasteiger partial charge in [0.1, 0.15) is 11.6 Å². The Balaban J connectivity index is 1.86. The molecule has 2 aromatic heterocycles. The van der Waals surface area contributed by atoms with E-state index in [1.165, 1.54) is 17.7 Å². The van der Waals surface area contributed by atoms with Crippen LogP contribution in [0.2, 0.25) is 0 Å². The number of carboxylic acids is 1. The van der Waals surface area contributed by atoms with Crippen LogP contribution in [0.1, 0.15) is 28.4 Å². The van der Waals surface area contributed by atoms with Crippen LogP contribution in [0.5, 0.6) is 0 Å². The quantitative estimate of drug-likeness (QED) is 0.441. The lowest BCUT2D eigenvalue weighted by atomic mass is 10.1. The number of benzene rings is 2. The van der Waals surface area contributed by atoms with Gasteiger partial charge in [0.2, 0.25) is 0 Å². The molecule has 0 aliphatic heterocycles. The van der Waals surface area contributed by atoms with Crippen LogP contribution in [0.25, 0.3) is 16.9 Å². The molecule has 0 saturated carbocycles.